The van der Waals surface area contributed by atoms with E-state index in [0.29, 0.717) is 40.2 Å². The maximum absolute atomic E-state index is 13.0. The highest BCUT2D eigenvalue weighted by Crippen LogP contribution is 2.39. The van der Waals surface area contributed by atoms with Gasteiger partial charge in [-0.05, 0) is 74.3 Å². The van der Waals surface area contributed by atoms with Crippen molar-refractivity contribution in [3.8, 4) is 17.6 Å². The number of carbonyl (C=O) groups excluding carboxylic acids is 2. The summed E-state index contributed by atoms with van der Waals surface area (Å²) in [6.07, 6.45) is 6.10. The van der Waals surface area contributed by atoms with Crippen LogP contribution < -0.4 is 14.8 Å². The highest BCUT2D eigenvalue weighted by Gasteiger charge is 2.27. The third-order valence-electron chi connectivity index (χ3n) is 5.69. The monoisotopic (exact) mass is 496 g/mol. The number of ether oxygens (including phenoxy) is 3. The number of aryl methyl sites for hydroxylation is 1. The highest BCUT2D eigenvalue weighted by molar-refractivity contribution is 7.17. The topological polar surface area (TPSA) is 97.7 Å². The second-order valence-electron chi connectivity index (χ2n) is 8.70. The van der Waals surface area contributed by atoms with E-state index in [4.69, 9.17) is 14.2 Å². The second-order valence-corrected chi connectivity index (χ2v) is 9.81. The zero-order chi connectivity index (χ0) is 25.4. The molecule has 35 heavy (non-hydrogen) atoms. The number of rotatable bonds is 10. The molecular formula is C27H32N2O5S. The average molecular weight is 497 g/mol. The van der Waals surface area contributed by atoms with Gasteiger partial charge >= 0.3 is 5.97 Å². The van der Waals surface area contributed by atoms with Crippen LogP contribution in [0, 0.1) is 17.2 Å². The Morgan fingerprint density at radius 3 is 2.69 bits per heavy atom. The number of nitriles is 1. The van der Waals surface area contributed by atoms with Crippen LogP contribution in [0.4, 0.5) is 5.00 Å². The fourth-order valence-electron chi connectivity index (χ4n) is 3.86. The Labute approximate surface area is 210 Å². The Kier molecular flexibility index (Phi) is 9.32. The molecule has 186 valence electrons. The molecule has 8 heteroatoms. The van der Waals surface area contributed by atoms with Crippen molar-refractivity contribution in [1.82, 2.24) is 0 Å². The molecule has 1 aromatic heterocycles. The van der Waals surface area contributed by atoms with Crippen LogP contribution in [0.2, 0.25) is 0 Å². The van der Waals surface area contributed by atoms with Crippen LogP contribution in [-0.2, 0) is 22.4 Å². The first-order valence-electron chi connectivity index (χ1n) is 11.9. The molecule has 1 aliphatic rings. The Morgan fingerprint density at radius 1 is 1.23 bits per heavy atom. The molecule has 1 heterocycles. The van der Waals surface area contributed by atoms with E-state index >= 15 is 0 Å². The molecule has 0 unspecified atom stereocenters. The van der Waals surface area contributed by atoms with Crippen LogP contribution in [0.15, 0.2) is 23.8 Å². The number of amides is 1. The number of fused-ring (bicyclic) bond motifs is 1. The van der Waals surface area contributed by atoms with Crippen LogP contribution in [0.3, 0.4) is 0 Å². The van der Waals surface area contributed by atoms with Gasteiger partial charge in [0.2, 0.25) is 0 Å². The molecule has 0 saturated heterocycles. The van der Waals surface area contributed by atoms with E-state index in [-0.39, 0.29) is 12.2 Å². The summed E-state index contributed by atoms with van der Waals surface area (Å²) in [5, 5.41) is 12.9. The summed E-state index contributed by atoms with van der Waals surface area (Å²) in [6.45, 7) is 6.83. The predicted octanol–water partition coefficient (Wildman–Crippen LogP) is 5.78. The normalized spacial score (nSPS) is 13.1. The van der Waals surface area contributed by atoms with Gasteiger partial charge in [-0.1, -0.05) is 19.9 Å². The number of hydrogen-bond acceptors (Lipinski definition) is 7. The molecular weight excluding hydrogens is 464 g/mol. The van der Waals surface area contributed by atoms with Crippen molar-refractivity contribution < 1.29 is 23.8 Å². The summed E-state index contributed by atoms with van der Waals surface area (Å²) in [5.74, 6) is 0.640. The largest absolute Gasteiger partial charge is 0.493 e. The predicted molar refractivity (Wildman–Crippen MR) is 137 cm³/mol. The smallest absolute Gasteiger partial charge is 0.341 e. The van der Waals surface area contributed by atoms with E-state index < -0.39 is 11.9 Å². The van der Waals surface area contributed by atoms with Crippen LogP contribution in [0.1, 0.15) is 66.4 Å². The zero-order valence-corrected chi connectivity index (χ0v) is 21.5. The molecule has 2 aromatic rings. The van der Waals surface area contributed by atoms with Crippen LogP contribution in [0.25, 0.3) is 6.08 Å². The quantitative estimate of drug-likeness (QED) is 0.254. The van der Waals surface area contributed by atoms with Gasteiger partial charge in [0, 0.05) is 4.88 Å². The number of benzene rings is 1. The van der Waals surface area contributed by atoms with Gasteiger partial charge < -0.3 is 19.5 Å². The summed E-state index contributed by atoms with van der Waals surface area (Å²) < 4.78 is 16.5. The van der Waals surface area contributed by atoms with Crippen molar-refractivity contribution >= 4 is 34.3 Å². The van der Waals surface area contributed by atoms with Gasteiger partial charge in [0.1, 0.15) is 16.6 Å². The number of carbonyl (C=O) groups is 2. The maximum atomic E-state index is 13.0. The third kappa shape index (κ3) is 6.64. The summed E-state index contributed by atoms with van der Waals surface area (Å²) >= 11 is 1.39. The Hall–Kier alpha value is -3.31. The summed E-state index contributed by atoms with van der Waals surface area (Å²) in [5.41, 5.74) is 1.92. The van der Waals surface area contributed by atoms with E-state index in [9.17, 15) is 14.9 Å². The molecule has 1 amide bonds. The highest BCUT2D eigenvalue weighted by atomic mass is 32.1. The van der Waals surface area contributed by atoms with Gasteiger partial charge in [-0.25, -0.2) is 4.79 Å². The summed E-state index contributed by atoms with van der Waals surface area (Å²) in [4.78, 5) is 26.8. The molecule has 0 saturated carbocycles. The molecule has 0 spiro atoms. The van der Waals surface area contributed by atoms with Gasteiger partial charge in [0.15, 0.2) is 11.5 Å². The number of hydrogen-bond donors (Lipinski definition) is 1. The minimum atomic E-state index is -0.576. The van der Waals surface area contributed by atoms with E-state index in [2.05, 4.69) is 19.2 Å². The Bertz CT molecular complexity index is 1140. The lowest BCUT2D eigenvalue weighted by Crippen LogP contribution is -2.16. The molecule has 7 nitrogen and oxygen atoms in total. The molecule has 0 aliphatic heterocycles. The van der Waals surface area contributed by atoms with E-state index in [1.165, 1.54) is 17.4 Å². The fourth-order valence-corrected chi connectivity index (χ4v) is 5.13. The van der Waals surface area contributed by atoms with Gasteiger partial charge in [-0.2, -0.15) is 5.26 Å². The fraction of sp³-hybridized carbons (Fsp3) is 0.444. The van der Waals surface area contributed by atoms with E-state index in [0.717, 1.165) is 42.5 Å². The average Bonchev–Trinajstić information content (AvgIpc) is 3.20. The van der Waals surface area contributed by atoms with Crippen molar-refractivity contribution in [2.75, 3.05) is 25.6 Å². The minimum absolute atomic E-state index is 0.0817. The number of nitrogens with zero attached hydrogens (tertiary/aromatic N) is 1. The lowest BCUT2D eigenvalue weighted by Gasteiger charge is -2.12. The molecule has 0 atom stereocenters. The standard InChI is InChI=1S/C27H32N2O5S/c1-5-33-27(31)24-20-8-6-7-9-23(20)35-26(24)29-25(30)19(16-28)14-18-10-11-21(22(15-18)32-4)34-13-12-17(2)3/h10-11,14-15,17H,5-9,12-13H2,1-4H3,(H,29,30)/b19-14+. The lowest BCUT2D eigenvalue weighted by molar-refractivity contribution is -0.112. The third-order valence-corrected chi connectivity index (χ3v) is 6.90. The summed E-state index contributed by atoms with van der Waals surface area (Å²) in [6, 6.07) is 7.23. The van der Waals surface area contributed by atoms with Crippen LogP contribution >= 0.6 is 11.3 Å². The lowest BCUT2D eigenvalue weighted by atomic mass is 9.95. The van der Waals surface area contributed by atoms with Gasteiger partial charge in [-0.15, -0.1) is 11.3 Å². The molecule has 0 radical (unpaired) electrons. The molecule has 3 rings (SSSR count). The number of anilines is 1. The first kappa shape index (κ1) is 26.3. The molecule has 1 aliphatic carbocycles. The first-order valence-corrected chi connectivity index (χ1v) is 12.7. The van der Waals surface area contributed by atoms with Crippen molar-refractivity contribution in [2.45, 2.75) is 52.9 Å². The van der Waals surface area contributed by atoms with Crippen molar-refractivity contribution in [3.63, 3.8) is 0 Å². The van der Waals surface area contributed by atoms with Crippen molar-refractivity contribution in [3.05, 3.63) is 45.3 Å². The van der Waals surface area contributed by atoms with E-state index in [1.807, 2.05) is 6.07 Å². The number of thiophene rings is 1. The van der Waals surface area contributed by atoms with Gasteiger partial charge in [0.05, 0.1) is 25.9 Å². The minimum Gasteiger partial charge on any atom is -0.493 e. The zero-order valence-electron chi connectivity index (χ0n) is 20.7. The maximum Gasteiger partial charge on any atom is 0.341 e. The Balaban J connectivity index is 1.83. The van der Waals surface area contributed by atoms with Gasteiger partial charge in [0.25, 0.3) is 5.91 Å². The molecule has 1 N–H and O–H groups in total. The van der Waals surface area contributed by atoms with Crippen LogP contribution in [-0.4, -0.2) is 32.2 Å². The number of nitrogens with one attached hydrogen (secondary N) is 1. The summed E-state index contributed by atoms with van der Waals surface area (Å²) in [7, 11) is 1.55. The Morgan fingerprint density at radius 2 is 2.00 bits per heavy atom. The van der Waals surface area contributed by atoms with E-state index in [1.54, 1.807) is 32.2 Å². The number of methoxy groups -OCH3 is 1. The SMILES string of the molecule is CCOC(=O)c1c(NC(=O)/C(C#N)=C/c2ccc(OCCC(C)C)c(OC)c2)sc2c1CCCC2. The molecule has 0 bridgehead atoms. The van der Waals surface area contributed by atoms with Crippen molar-refractivity contribution in [2.24, 2.45) is 5.92 Å². The molecule has 0 fully saturated rings. The van der Waals surface area contributed by atoms with Crippen molar-refractivity contribution in [1.29, 1.82) is 5.26 Å². The van der Waals surface area contributed by atoms with Crippen LogP contribution in [0.5, 0.6) is 11.5 Å². The molecule has 1 aromatic carbocycles. The second kappa shape index (κ2) is 12.4. The first-order chi connectivity index (χ1) is 16.9. The van der Waals surface area contributed by atoms with Gasteiger partial charge in [-0.3, -0.25) is 4.79 Å². The number of esters is 1.